The highest BCUT2D eigenvalue weighted by atomic mass is 32.1. The van der Waals surface area contributed by atoms with Crippen LogP contribution in [0.4, 0.5) is 5.69 Å². The van der Waals surface area contributed by atoms with Crippen LogP contribution in [0.25, 0.3) is 0 Å². The summed E-state index contributed by atoms with van der Waals surface area (Å²) in [6.45, 7) is 2.19. The van der Waals surface area contributed by atoms with Gasteiger partial charge in [0.2, 0.25) is 0 Å². The third-order valence-corrected chi connectivity index (χ3v) is 6.87. The number of pyridine rings is 1. The molecule has 2 aliphatic rings. The van der Waals surface area contributed by atoms with Crippen molar-refractivity contribution < 1.29 is 0 Å². The molecule has 3 heterocycles. The van der Waals surface area contributed by atoms with Crippen molar-refractivity contribution in [2.45, 2.75) is 57.2 Å². The summed E-state index contributed by atoms with van der Waals surface area (Å²) >= 11 is 5.87. The summed E-state index contributed by atoms with van der Waals surface area (Å²) in [7, 11) is 0. The normalized spacial score (nSPS) is 21.9. The van der Waals surface area contributed by atoms with Gasteiger partial charge in [0.1, 0.15) is 6.04 Å². The molecule has 1 N–H and O–H groups in total. The fourth-order valence-corrected chi connectivity index (χ4v) is 5.34. The van der Waals surface area contributed by atoms with Crippen molar-refractivity contribution in [2.75, 3.05) is 4.90 Å². The maximum atomic E-state index is 5.87. The van der Waals surface area contributed by atoms with Crippen molar-refractivity contribution >= 4 is 23.0 Å². The zero-order valence-corrected chi connectivity index (χ0v) is 18.2. The Balaban J connectivity index is 1.60. The van der Waals surface area contributed by atoms with Crippen molar-refractivity contribution in [1.82, 2.24) is 14.9 Å². The first-order chi connectivity index (χ1) is 14.8. The largest absolute Gasteiger partial charge is 0.351 e. The van der Waals surface area contributed by atoms with Crippen molar-refractivity contribution in [3.8, 4) is 0 Å². The third-order valence-electron chi connectivity index (χ3n) is 6.55. The van der Waals surface area contributed by atoms with E-state index in [0.29, 0.717) is 6.04 Å². The average Bonchev–Trinajstić information content (AvgIpc) is 3.53. The second-order valence-corrected chi connectivity index (χ2v) is 8.68. The van der Waals surface area contributed by atoms with E-state index >= 15 is 0 Å². The molecule has 3 aromatic rings. The van der Waals surface area contributed by atoms with Crippen LogP contribution in [0.5, 0.6) is 0 Å². The Kier molecular flexibility index (Phi) is 5.30. The Hall–Kier alpha value is -2.66. The van der Waals surface area contributed by atoms with Gasteiger partial charge in [-0.2, -0.15) is 0 Å². The fourth-order valence-electron chi connectivity index (χ4n) is 5.00. The number of benzene rings is 1. The summed E-state index contributed by atoms with van der Waals surface area (Å²) in [5.41, 5.74) is 4.80. The van der Waals surface area contributed by atoms with Crippen LogP contribution >= 0.6 is 12.2 Å². The zero-order valence-electron chi connectivity index (χ0n) is 17.4. The Morgan fingerprint density at radius 1 is 1.03 bits per heavy atom. The lowest BCUT2D eigenvalue weighted by molar-refractivity contribution is 0.461. The fraction of sp³-hybridized carbons (Fsp3) is 0.360. The second kappa shape index (κ2) is 8.23. The van der Waals surface area contributed by atoms with E-state index in [1.807, 2.05) is 12.3 Å². The number of aryl methyl sites for hydroxylation is 1. The topological polar surface area (TPSA) is 33.1 Å². The summed E-state index contributed by atoms with van der Waals surface area (Å²) in [5, 5.41) is 4.35. The van der Waals surface area contributed by atoms with E-state index in [1.165, 1.54) is 36.9 Å². The molecule has 30 heavy (non-hydrogen) atoms. The smallest absolute Gasteiger partial charge is 0.174 e. The number of nitrogens with zero attached hydrogens (tertiary/aromatic N) is 3. The van der Waals surface area contributed by atoms with Crippen molar-refractivity contribution in [2.24, 2.45) is 0 Å². The Morgan fingerprint density at radius 3 is 2.53 bits per heavy atom. The lowest BCUT2D eigenvalue weighted by Gasteiger charge is -2.30. The summed E-state index contributed by atoms with van der Waals surface area (Å²) < 4.78 is 2.50. The standard InChI is InChI=1S/C25H28N4S/c1-2-18-12-14-20(15-13-18)29-24(22-11-7-17-28(22)19-8-3-4-9-19)23(27-25(29)30)21-10-5-6-16-26-21/h5-7,10-17,19,23-24H,2-4,8-9H2,1H3,(H,27,30)/t23-,24+/m0/s1. The molecule has 0 amide bonds. The molecule has 5 rings (SSSR count). The molecule has 2 atom stereocenters. The average molecular weight is 417 g/mol. The monoisotopic (exact) mass is 416 g/mol. The Labute approximate surface area is 183 Å². The number of rotatable bonds is 5. The number of aromatic nitrogens is 2. The minimum Gasteiger partial charge on any atom is -0.351 e. The number of anilines is 1. The molecular weight excluding hydrogens is 388 g/mol. The molecule has 0 unspecified atom stereocenters. The molecule has 0 radical (unpaired) electrons. The summed E-state index contributed by atoms with van der Waals surface area (Å²) in [5.74, 6) is 0. The van der Waals surface area contributed by atoms with Gasteiger partial charge in [0.15, 0.2) is 5.11 Å². The molecule has 1 aliphatic carbocycles. The van der Waals surface area contributed by atoms with Crippen LogP contribution < -0.4 is 10.2 Å². The van der Waals surface area contributed by atoms with Gasteiger partial charge in [-0.3, -0.25) is 4.98 Å². The molecule has 0 spiro atoms. The van der Waals surface area contributed by atoms with E-state index in [9.17, 15) is 0 Å². The van der Waals surface area contributed by atoms with Crippen molar-refractivity contribution in [3.63, 3.8) is 0 Å². The molecule has 1 aromatic carbocycles. The van der Waals surface area contributed by atoms with Gasteiger partial charge >= 0.3 is 0 Å². The third kappa shape index (κ3) is 3.41. The van der Waals surface area contributed by atoms with Gasteiger partial charge in [-0.1, -0.05) is 38.0 Å². The molecule has 1 saturated heterocycles. The van der Waals surface area contributed by atoms with Crippen molar-refractivity contribution in [1.29, 1.82) is 0 Å². The van der Waals surface area contributed by atoms with E-state index in [4.69, 9.17) is 12.2 Å². The number of hydrogen-bond donors (Lipinski definition) is 1. The Morgan fingerprint density at radius 2 is 1.83 bits per heavy atom. The SMILES string of the molecule is CCc1ccc(N2C(=S)N[C@@H](c3ccccn3)[C@H]2c2cccn2C2CCCC2)cc1. The van der Waals surface area contributed by atoms with Gasteiger partial charge in [-0.15, -0.1) is 0 Å². The number of nitrogens with one attached hydrogen (secondary N) is 1. The van der Waals surface area contributed by atoms with Gasteiger partial charge in [0.25, 0.3) is 0 Å². The van der Waals surface area contributed by atoms with Gasteiger partial charge in [-0.05, 0) is 73.4 Å². The first-order valence-corrected chi connectivity index (χ1v) is 11.4. The molecular formula is C25H28N4S. The quantitative estimate of drug-likeness (QED) is 0.538. The maximum absolute atomic E-state index is 5.87. The lowest BCUT2D eigenvalue weighted by Crippen LogP contribution is -2.30. The zero-order chi connectivity index (χ0) is 20.5. The minimum absolute atomic E-state index is 0.0135. The van der Waals surface area contributed by atoms with Crippen LogP contribution in [0.2, 0.25) is 0 Å². The molecule has 0 bridgehead atoms. The Bertz CT molecular complexity index is 1010. The van der Waals surface area contributed by atoms with Crippen LogP contribution in [-0.4, -0.2) is 14.7 Å². The van der Waals surface area contributed by atoms with Gasteiger partial charge < -0.3 is 14.8 Å². The van der Waals surface area contributed by atoms with Gasteiger partial charge in [0, 0.05) is 29.8 Å². The van der Waals surface area contributed by atoms with E-state index < -0.39 is 0 Å². The predicted octanol–water partition coefficient (Wildman–Crippen LogP) is 5.74. The van der Waals surface area contributed by atoms with Crippen LogP contribution in [-0.2, 0) is 6.42 Å². The van der Waals surface area contributed by atoms with E-state index in [-0.39, 0.29) is 12.1 Å². The van der Waals surface area contributed by atoms with Crippen LogP contribution in [0.15, 0.2) is 67.0 Å². The molecule has 1 saturated carbocycles. The molecule has 2 fully saturated rings. The number of thiocarbonyl (C=S) groups is 1. The van der Waals surface area contributed by atoms with Crippen LogP contribution in [0.1, 0.15) is 67.7 Å². The highest BCUT2D eigenvalue weighted by Gasteiger charge is 2.42. The first kappa shape index (κ1) is 19.3. The molecule has 4 nitrogen and oxygen atoms in total. The second-order valence-electron chi connectivity index (χ2n) is 8.30. The first-order valence-electron chi connectivity index (χ1n) is 11.0. The highest BCUT2D eigenvalue weighted by molar-refractivity contribution is 7.80. The summed E-state index contributed by atoms with van der Waals surface area (Å²) in [4.78, 5) is 6.97. The van der Waals surface area contributed by atoms with Crippen LogP contribution in [0, 0.1) is 0 Å². The number of hydrogen-bond acceptors (Lipinski definition) is 2. The van der Waals surface area contributed by atoms with Gasteiger partial charge in [-0.25, -0.2) is 0 Å². The molecule has 2 aromatic heterocycles. The molecule has 1 aliphatic heterocycles. The lowest BCUT2D eigenvalue weighted by atomic mass is 10.00. The minimum atomic E-state index is 0.0135. The van der Waals surface area contributed by atoms with E-state index in [1.54, 1.807) is 0 Å². The highest BCUT2D eigenvalue weighted by Crippen LogP contribution is 2.43. The summed E-state index contributed by atoms with van der Waals surface area (Å²) in [6.07, 6.45) is 10.3. The molecule has 5 heteroatoms. The maximum Gasteiger partial charge on any atom is 0.174 e. The van der Waals surface area contributed by atoms with E-state index in [2.05, 4.69) is 81.4 Å². The summed E-state index contributed by atoms with van der Waals surface area (Å²) in [6, 6.07) is 20.0. The molecule has 154 valence electrons. The van der Waals surface area contributed by atoms with Crippen LogP contribution in [0.3, 0.4) is 0 Å². The van der Waals surface area contributed by atoms with Crippen molar-refractivity contribution in [3.05, 3.63) is 83.9 Å². The predicted molar refractivity (Wildman–Crippen MR) is 126 cm³/mol. The van der Waals surface area contributed by atoms with Gasteiger partial charge in [0.05, 0.1) is 11.7 Å². The van der Waals surface area contributed by atoms with E-state index in [0.717, 1.165) is 22.9 Å².